The molecule has 3 rings (SSSR count). The number of aryl methyl sites for hydroxylation is 3. The molecule has 0 aliphatic carbocycles. The average Bonchev–Trinajstić information content (AvgIpc) is 3.19. The Bertz CT molecular complexity index is 775. The number of aromatic nitrogens is 2. The zero-order valence-corrected chi connectivity index (χ0v) is 16.3. The largest absolute Gasteiger partial charge is 0.338 e. The van der Waals surface area contributed by atoms with E-state index in [1.165, 1.54) is 22.7 Å². The quantitative estimate of drug-likeness (QED) is 0.886. The lowest BCUT2D eigenvalue weighted by atomic mass is 9.96. The number of rotatable bonds is 4. The van der Waals surface area contributed by atoms with Gasteiger partial charge < -0.3 is 10.2 Å². The molecule has 3 heterocycles. The molecule has 134 valence electrons. The van der Waals surface area contributed by atoms with E-state index in [0.29, 0.717) is 31.1 Å². The van der Waals surface area contributed by atoms with Crippen molar-refractivity contribution in [3.63, 3.8) is 0 Å². The van der Waals surface area contributed by atoms with Gasteiger partial charge in [-0.3, -0.25) is 9.59 Å². The van der Waals surface area contributed by atoms with E-state index in [-0.39, 0.29) is 17.7 Å². The van der Waals surface area contributed by atoms with E-state index in [1.54, 1.807) is 0 Å². The fraction of sp³-hybridized carbons (Fsp3) is 0.529. The lowest BCUT2D eigenvalue weighted by Gasteiger charge is -2.31. The van der Waals surface area contributed by atoms with Crippen LogP contribution in [-0.4, -0.2) is 39.8 Å². The minimum Gasteiger partial charge on any atom is -0.338 e. The molecule has 0 bridgehead atoms. The number of piperidine rings is 1. The van der Waals surface area contributed by atoms with E-state index >= 15 is 0 Å². The van der Waals surface area contributed by atoms with Crippen molar-refractivity contribution in [2.45, 2.75) is 40.0 Å². The fourth-order valence-electron chi connectivity index (χ4n) is 2.91. The van der Waals surface area contributed by atoms with Crippen LogP contribution in [-0.2, 0) is 11.2 Å². The lowest BCUT2D eigenvalue weighted by molar-refractivity contribution is -0.121. The Kier molecular flexibility index (Phi) is 5.48. The van der Waals surface area contributed by atoms with Gasteiger partial charge in [0.2, 0.25) is 5.91 Å². The number of carbonyl (C=O) groups excluding carboxylic acids is 2. The van der Waals surface area contributed by atoms with Crippen molar-refractivity contribution in [3.05, 3.63) is 26.7 Å². The van der Waals surface area contributed by atoms with Crippen molar-refractivity contribution >= 4 is 39.6 Å². The van der Waals surface area contributed by atoms with Crippen LogP contribution in [0, 0.1) is 19.8 Å². The molecule has 0 radical (unpaired) electrons. The topological polar surface area (TPSA) is 75.2 Å². The predicted molar refractivity (Wildman–Crippen MR) is 100 cm³/mol. The Morgan fingerprint density at radius 3 is 2.56 bits per heavy atom. The predicted octanol–water partition coefficient (Wildman–Crippen LogP) is 3.27. The highest BCUT2D eigenvalue weighted by molar-refractivity contribution is 7.14. The molecule has 25 heavy (non-hydrogen) atoms. The highest BCUT2D eigenvalue weighted by Crippen LogP contribution is 2.25. The molecule has 1 N–H and O–H groups in total. The molecular weight excluding hydrogens is 356 g/mol. The number of likely N-dealkylation sites (tertiary alicyclic amines) is 1. The first-order valence-electron chi connectivity index (χ1n) is 8.46. The molecule has 8 heteroatoms. The van der Waals surface area contributed by atoms with Crippen LogP contribution < -0.4 is 5.32 Å². The van der Waals surface area contributed by atoms with E-state index in [9.17, 15) is 9.59 Å². The van der Waals surface area contributed by atoms with Crippen LogP contribution in [0.4, 0.5) is 5.13 Å². The Labute approximate surface area is 155 Å². The normalized spacial score (nSPS) is 15.4. The third kappa shape index (κ3) is 4.07. The van der Waals surface area contributed by atoms with Gasteiger partial charge in [0.25, 0.3) is 5.91 Å². The number of hydrogen-bond acceptors (Lipinski definition) is 6. The van der Waals surface area contributed by atoms with Gasteiger partial charge in [-0.1, -0.05) is 6.92 Å². The number of anilines is 1. The van der Waals surface area contributed by atoms with E-state index in [0.717, 1.165) is 27.7 Å². The standard InChI is InChI=1S/C17H22N4O2S2/c1-4-13-19-11(3)14(25-13)16(23)21-7-5-12(6-8-21)15(22)20-17-18-10(2)9-24-17/h9,12H,4-8H2,1-3H3,(H,18,20,22). The summed E-state index contributed by atoms with van der Waals surface area (Å²) < 4.78 is 0. The van der Waals surface area contributed by atoms with Gasteiger partial charge in [-0.15, -0.1) is 22.7 Å². The Morgan fingerprint density at radius 2 is 2.00 bits per heavy atom. The van der Waals surface area contributed by atoms with Crippen molar-refractivity contribution in [3.8, 4) is 0 Å². The first kappa shape index (κ1) is 18.0. The summed E-state index contributed by atoms with van der Waals surface area (Å²) in [5.74, 6) is -0.0187. The summed E-state index contributed by atoms with van der Waals surface area (Å²) >= 11 is 2.92. The second-order valence-electron chi connectivity index (χ2n) is 6.23. The molecule has 0 unspecified atom stereocenters. The van der Waals surface area contributed by atoms with Gasteiger partial charge in [0.1, 0.15) is 4.88 Å². The summed E-state index contributed by atoms with van der Waals surface area (Å²) in [6, 6.07) is 0. The first-order chi connectivity index (χ1) is 12.0. The van der Waals surface area contributed by atoms with Crippen LogP contribution in [0.1, 0.15) is 45.8 Å². The van der Waals surface area contributed by atoms with Gasteiger partial charge in [0.05, 0.1) is 16.4 Å². The zero-order chi connectivity index (χ0) is 18.0. The van der Waals surface area contributed by atoms with Crippen molar-refractivity contribution in [1.82, 2.24) is 14.9 Å². The van der Waals surface area contributed by atoms with E-state index in [2.05, 4.69) is 15.3 Å². The number of nitrogens with one attached hydrogen (secondary N) is 1. The Hall–Kier alpha value is -1.80. The molecule has 2 aromatic heterocycles. The molecule has 6 nitrogen and oxygen atoms in total. The third-order valence-electron chi connectivity index (χ3n) is 4.34. The summed E-state index contributed by atoms with van der Waals surface area (Å²) in [5.41, 5.74) is 1.72. The van der Waals surface area contributed by atoms with Gasteiger partial charge in [0, 0.05) is 24.4 Å². The highest BCUT2D eigenvalue weighted by Gasteiger charge is 2.29. The molecule has 1 aliphatic heterocycles. The second kappa shape index (κ2) is 7.61. The maximum absolute atomic E-state index is 12.7. The molecule has 1 fully saturated rings. The lowest BCUT2D eigenvalue weighted by Crippen LogP contribution is -2.41. The highest BCUT2D eigenvalue weighted by atomic mass is 32.1. The Balaban J connectivity index is 1.56. The SMILES string of the molecule is CCc1nc(C)c(C(=O)N2CCC(C(=O)Nc3nc(C)cs3)CC2)s1. The average molecular weight is 379 g/mol. The zero-order valence-electron chi connectivity index (χ0n) is 14.7. The number of amides is 2. The minimum absolute atomic E-state index is 0.00342. The summed E-state index contributed by atoms with van der Waals surface area (Å²) in [5, 5.41) is 6.44. The van der Waals surface area contributed by atoms with E-state index in [4.69, 9.17) is 0 Å². The van der Waals surface area contributed by atoms with Gasteiger partial charge in [-0.05, 0) is 33.1 Å². The summed E-state index contributed by atoms with van der Waals surface area (Å²) in [7, 11) is 0. The van der Waals surface area contributed by atoms with Crippen LogP contribution in [0.15, 0.2) is 5.38 Å². The van der Waals surface area contributed by atoms with Crippen LogP contribution in [0.2, 0.25) is 0 Å². The van der Waals surface area contributed by atoms with Gasteiger partial charge >= 0.3 is 0 Å². The molecule has 0 aromatic carbocycles. The molecule has 0 spiro atoms. The van der Waals surface area contributed by atoms with Crippen molar-refractivity contribution in [1.29, 1.82) is 0 Å². The van der Waals surface area contributed by atoms with Crippen molar-refractivity contribution in [2.75, 3.05) is 18.4 Å². The number of thiazole rings is 2. The van der Waals surface area contributed by atoms with E-state index < -0.39 is 0 Å². The summed E-state index contributed by atoms with van der Waals surface area (Å²) in [4.78, 5) is 36.4. The second-order valence-corrected chi connectivity index (χ2v) is 8.17. The monoisotopic (exact) mass is 378 g/mol. The molecule has 1 aliphatic rings. The first-order valence-corrected chi connectivity index (χ1v) is 10.2. The van der Waals surface area contributed by atoms with Crippen molar-refractivity contribution in [2.24, 2.45) is 5.92 Å². The maximum Gasteiger partial charge on any atom is 0.265 e. The Morgan fingerprint density at radius 1 is 1.28 bits per heavy atom. The smallest absolute Gasteiger partial charge is 0.265 e. The van der Waals surface area contributed by atoms with Gasteiger partial charge in [-0.2, -0.15) is 0 Å². The third-order valence-corrected chi connectivity index (χ3v) is 6.51. The van der Waals surface area contributed by atoms with Crippen LogP contribution >= 0.6 is 22.7 Å². The summed E-state index contributed by atoms with van der Waals surface area (Å²) in [6.07, 6.45) is 2.21. The molecular formula is C17H22N4O2S2. The summed E-state index contributed by atoms with van der Waals surface area (Å²) in [6.45, 7) is 7.04. The van der Waals surface area contributed by atoms with Gasteiger partial charge in [-0.25, -0.2) is 9.97 Å². The minimum atomic E-state index is -0.0676. The van der Waals surface area contributed by atoms with E-state index in [1.807, 2.05) is 31.1 Å². The van der Waals surface area contributed by atoms with Crippen molar-refractivity contribution < 1.29 is 9.59 Å². The van der Waals surface area contributed by atoms with Crippen LogP contribution in [0.25, 0.3) is 0 Å². The fourth-order valence-corrected chi connectivity index (χ4v) is 4.57. The van der Waals surface area contributed by atoms with Gasteiger partial charge in [0.15, 0.2) is 5.13 Å². The molecule has 0 saturated carbocycles. The number of nitrogens with zero attached hydrogens (tertiary/aromatic N) is 3. The molecule has 2 aromatic rings. The molecule has 1 saturated heterocycles. The van der Waals surface area contributed by atoms with Crippen LogP contribution in [0.5, 0.6) is 0 Å². The molecule has 0 atom stereocenters. The number of carbonyl (C=O) groups is 2. The number of hydrogen-bond donors (Lipinski definition) is 1. The molecule has 2 amide bonds. The maximum atomic E-state index is 12.7. The van der Waals surface area contributed by atoms with Crippen LogP contribution in [0.3, 0.4) is 0 Å².